The van der Waals surface area contributed by atoms with Gasteiger partial charge in [0, 0.05) is 18.2 Å². The van der Waals surface area contributed by atoms with Gasteiger partial charge in [0.2, 0.25) is 10.0 Å². The molecule has 1 fully saturated rings. The van der Waals surface area contributed by atoms with Gasteiger partial charge >= 0.3 is 0 Å². The van der Waals surface area contributed by atoms with Gasteiger partial charge in [-0.25, -0.2) is 13.1 Å². The third kappa shape index (κ3) is 5.89. The third-order valence-corrected chi connectivity index (χ3v) is 5.53. The van der Waals surface area contributed by atoms with Crippen LogP contribution in [-0.4, -0.2) is 40.8 Å². The van der Waals surface area contributed by atoms with Crippen molar-refractivity contribution in [3.63, 3.8) is 0 Å². The second kappa shape index (κ2) is 9.58. The molecule has 0 radical (unpaired) electrons. The fraction of sp³-hybridized carbons (Fsp3) is 0.625. The van der Waals surface area contributed by atoms with Crippen LogP contribution in [-0.2, 0) is 14.8 Å². The largest absolute Gasteiger partial charge is 0.489 e. The van der Waals surface area contributed by atoms with Crippen LogP contribution in [0.15, 0.2) is 23.1 Å². The average molecular weight is 377 g/mol. The highest BCUT2D eigenvalue weighted by atomic mass is 35.5. The zero-order valence-corrected chi connectivity index (χ0v) is 15.2. The summed E-state index contributed by atoms with van der Waals surface area (Å²) in [6.07, 6.45) is 4.53. The smallest absolute Gasteiger partial charge is 0.244 e. The lowest BCUT2D eigenvalue weighted by atomic mass is 10.1. The van der Waals surface area contributed by atoms with Crippen molar-refractivity contribution in [3.05, 3.63) is 23.2 Å². The average Bonchev–Trinajstić information content (AvgIpc) is 2.58. The Bertz CT molecular complexity index is 619. The molecule has 2 rings (SSSR count). The minimum atomic E-state index is -3.69. The van der Waals surface area contributed by atoms with Gasteiger partial charge in [0.1, 0.15) is 17.3 Å². The van der Waals surface area contributed by atoms with E-state index in [9.17, 15) is 8.42 Å². The first-order valence-corrected chi connectivity index (χ1v) is 10.1. The third-order valence-electron chi connectivity index (χ3n) is 3.82. The first-order valence-electron chi connectivity index (χ1n) is 8.26. The monoisotopic (exact) mass is 376 g/mol. The lowest BCUT2D eigenvalue weighted by molar-refractivity contribution is -0.0116. The van der Waals surface area contributed by atoms with Crippen molar-refractivity contribution in [2.24, 2.45) is 5.73 Å². The molecule has 3 N–H and O–H groups in total. The van der Waals surface area contributed by atoms with E-state index in [1.54, 1.807) is 12.1 Å². The zero-order chi connectivity index (χ0) is 17.4. The number of sulfonamides is 1. The summed E-state index contributed by atoms with van der Waals surface area (Å²) in [6, 6.07) is 4.61. The van der Waals surface area contributed by atoms with E-state index < -0.39 is 10.0 Å². The Morgan fingerprint density at radius 1 is 1.33 bits per heavy atom. The summed E-state index contributed by atoms with van der Waals surface area (Å²) >= 11 is 5.97. The van der Waals surface area contributed by atoms with Gasteiger partial charge in [0.25, 0.3) is 0 Å². The molecule has 1 saturated heterocycles. The molecular weight excluding hydrogens is 352 g/mol. The van der Waals surface area contributed by atoms with Crippen molar-refractivity contribution >= 4 is 21.6 Å². The summed E-state index contributed by atoms with van der Waals surface area (Å²) < 4.78 is 38.9. The lowest BCUT2D eigenvalue weighted by Crippen LogP contribution is -2.28. The van der Waals surface area contributed by atoms with Gasteiger partial charge in [-0.2, -0.15) is 0 Å². The molecule has 1 unspecified atom stereocenters. The minimum Gasteiger partial charge on any atom is -0.489 e. The molecule has 1 aliphatic heterocycles. The van der Waals surface area contributed by atoms with E-state index in [-0.39, 0.29) is 11.0 Å². The summed E-state index contributed by atoms with van der Waals surface area (Å²) in [7, 11) is -3.69. The number of ether oxygens (including phenoxy) is 2. The fourth-order valence-corrected chi connectivity index (χ4v) is 3.97. The van der Waals surface area contributed by atoms with Crippen molar-refractivity contribution in [2.45, 2.75) is 43.1 Å². The highest BCUT2D eigenvalue weighted by Crippen LogP contribution is 2.28. The van der Waals surface area contributed by atoms with Gasteiger partial charge in [-0.3, -0.25) is 0 Å². The van der Waals surface area contributed by atoms with Crippen LogP contribution in [0.1, 0.15) is 32.1 Å². The van der Waals surface area contributed by atoms with E-state index in [1.165, 1.54) is 6.07 Å². The number of halogens is 1. The van der Waals surface area contributed by atoms with Crippen molar-refractivity contribution in [1.29, 1.82) is 0 Å². The number of nitrogens with one attached hydrogen (secondary N) is 1. The number of hydrogen-bond acceptors (Lipinski definition) is 5. The van der Waals surface area contributed by atoms with E-state index in [1.807, 2.05) is 0 Å². The van der Waals surface area contributed by atoms with Gasteiger partial charge in [-0.05, 0) is 56.8 Å². The standard InChI is InChI=1S/C16H25ClN2O4S/c17-13-6-7-15(23-12-14-5-1-4-10-22-14)16(11-13)24(20,21)19-9-3-2-8-18/h6-7,11,14,19H,1-5,8-10,12,18H2. The molecule has 0 spiro atoms. The van der Waals surface area contributed by atoms with Crippen molar-refractivity contribution in [1.82, 2.24) is 4.72 Å². The quantitative estimate of drug-likeness (QED) is 0.645. The predicted molar refractivity (Wildman–Crippen MR) is 94.0 cm³/mol. The molecule has 0 amide bonds. The number of rotatable bonds is 9. The number of hydrogen-bond donors (Lipinski definition) is 2. The molecule has 0 bridgehead atoms. The highest BCUT2D eigenvalue weighted by molar-refractivity contribution is 7.89. The van der Waals surface area contributed by atoms with Crippen LogP contribution in [0.3, 0.4) is 0 Å². The Hall–Kier alpha value is -0.860. The van der Waals surface area contributed by atoms with Crippen LogP contribution >= 0.6 is 11.6 Å². The Balaban J connectivity index is 2.05. The van der Waals surface area contributed by atoms with Crippen LogP contribution in [0.4, 0.5) is 0 Å². The van der Waals surface area contributed by atoms with E-state index in [0.29, 0.717) is 36.9 Å². The molecule has 6 nitrogen and oxygen atoms in total. The maximum Gasteiger partial charge on any atom is 0.244 e. The molecule has 1 aliphatic rings. The minimum absolute atomic E-state index is 0.00231. The van der Waals surface area contributed by atoms with Crippen LogP contribution in [0.5, 0.6) is 5.75 Å². The maximum atomic E-state index is 12.5. The number of nitrogens with two attached hydrogens (primary N) is 1. The highest BCUT2D eigenvalue weighted by Gasteiger charge is 2.21. The topological polar surface area (TPSA) is 90.7 Å². The molecule has 1 atom stereocenters. The number of unbranched alkanes of at least 4 members (excludes halogenated alkanes) is 1. The molecule has 0 aromatic heterocycles. The normalized spacial score (nSPS) is 18.5. The summed E-state index contributed by atoms with van der Waals surface area (Å²) in [5, 5.41) is 0.346. The molecule has 24 heavy (non-hydrogen) atoms. The molecule has 1 aromatic rings. The molecule has 136 valence electrons. The Labute approximate surface area is 148 Å². The summed E-state index contributed by atoms with van der Waals surface area (Å²) in [5.41, 5.74) is 5.42. The van der Waals surface area contributed by atoms with Gasteiger partial charge < -0.3 is 15.2 Å². The number of benzene rings is 1. The molecule has 1 aromatic carbocycles. The van der Waals surface area contributed by atoms with Crippen LogP contribution in [0.25, 0.3) is 0 Å². The summed E-state index contributed by atoms with van der Waals surface area (Å²) in [4.78, 5) is 0.0542. The SMILES string of the molecule is NCCCCNS(=O)(=O)c1cc(Cl)ccc1OCC1CCCCO1. The second-order valence-electron chi connectivity index (χ2n) is 5.78. The maximum absolute atomic E-state index is 12.5. The van der Waals surface area contributed by atoms with Crippen molar-refractivity contribution < 1.29 is 17.9 Å². The summed E-state index contributed by atoms with van der Waals surface area (Å²) in [5.74, 6) is 0.292. The molecule has 1 heterocycles. The van der Waals surface area contributed by atoms with E-state index in [0.717, 1.165) is 32.3 Å². The van der Waals surface area contributed by atoms with E-state index in [4.69, 9.17) is 26.8 Å². The van der Waals surface area contributed by atoms with Crippen LogP contribution in [0, 0.1) is 0 Å². The molecular formula is C16H25ClN2O4S. The Kier molecular flexibility index (Phi) is 7.77. The van der Waals surface area contributed by atoms with E-state index in [2.05, 4.69) is 4.72 Å². The second-order valence-corrected chi connectivity index (χ2v) is 7.96. The zero-order valence-electron chi connectivity index (χ0n) is 13.7. The van der Waals surface area contributed by atoms with Gasteiger partial charge in [0.05, 0.1) is 6.10 Å². The van der Waals surface area contributed by atoms with Crippen LogP contribution in [0.2, 0.25) is 5.02 Å². The predicted octanol–water partition coefficient (Wildman–Crippen LogP) is 2.31. The fourth-order valence-electron chi connectivity index (χ4n) is 2.49. The lowest BCUT2D eigenvalue weighted by Gasteiger charge is -2.23. The molecule has 0 saturated carbocycles. The Morgan fingerprint density at radius 3 is 2.88 bits per heavy atom. The van der Waals surface area contributed by atoms with Crippen LogP contribution < -0.4 is 15.2 Å². The first-order chi connectivity index (χ1) is 11.5. The first kappa shape index (κ1) is 19.5. The summed E-state index contributed by atoms with van der Waals surface area (Å²) in [6.45, 7) is 1.92. The molecule has 0 aliphatic carbocycles. The van der Waals surface area contributed by atoms with Gasteiger partial charge in [-0.1, -0.05) is 11.6 Å². The van der Waals surface area contributed by atoms with Gasteiger partial charge in [-0.15, -0.1) is 0 Å². The Morgan fingerprint density at radius 2 is 2.17 bits per heavy atom. The van der Waals surface area contributed by atoms with E-state index >= 15 is 0 Å². The van der Waals surface area contributed by atoms with Crippen molar-refractivity contribution in [3.8, 4) is 5.75 Å². The molecule has 8 heteroatoms. The van der Waals surface area contributed by atoms with Crippen molar-refractivity contribution in [2.75, 3.05) is 26.3 Å². The van der Waals surface area contributed by atoms with Gasteiger partial charge in [0.15, 0.2) is 0 Å².